The highest BCUT2D eigenvalue weighted by Crippen LogP contribution is 2.64. The van der Waals surface area contributed by atoms with E-state index in [1.54, 1.807) is 0 Å². The molecule has 56 heavy (non-hydrogen) atoms. The summed E-state index contributed by atoms with van der Waals surface area (Å²) in [5.41, 5.74) is 16.6. The Balaban J connectivity index is 1.22. The molecule has 1 aliphatic carbocycles. The van der Waals surface area contributed by atoms with Crippen LogP contribution in [0.25, 0.3) is 66.4 Å². The summed E-state index contributed by atoms with van der Waals surface area (Å²) in [7, 11) is 0. The second kappa shape index (κ2) is 8.17. The lowest BCUT2D eigenvalue weighted by Gasteiger charge is -2.44. The fourth-order valence-electron chi connectivity index (χ4n) is 13.1. The van der Waals surface area contributed by atoms with E-state index in [2.05, 4.69) is 178 Å². The van der Waals surface area contributed by atoms with Gasteiger partial charge >= 0.3 is 5.66 Å². The largest absolute Gasteiger partial charge is 0.456 e. The van der Waals surface area contributed by atoms with E-state index in [0.29, 0.717) is 0 Å². The number of hydrogen-bond acceptors (Lipinski definition) is 1. The number of rotatable bonds is 0. The van der Waals surface area contributed by atoms with E-state index in [0.717, 1.165) is 11.5 Å². The zero-order chi connectivity index (χ0) is 36.2. The van der Waals surface area contributed by atoms with Gasteiger partial charge in [0.2, 0.25) is 0 Å². The molecule has 2 spiro atoms. The van der Waals surface area contributed by atoms with E-state index in [9.17, 15) is 0 Å². The third-order valence-electron chi connectivity index (χ3n) is 14.9. The average Bonchev–Trinajstić information content (AvgIpc) is 3.87. The zero-order valence-corrected chi connectivity index (χ0v) is 30.6. The van der Waals surface area contributed by atoms with Gasteiger partial charge in [-0.3, -0.25) is 0 Å². The van der Waals surface area contributed by atoms with E-state index in [1.807, 2.05) is 0 Å². The van der Waals surface area contributed by atoms with Crippen LogP contribution in [0.1, 0.15) is 58.4 Å². The van der Waals surface area contributed by atoms with Gasteiger partial charge in [0.05, 0.1) is 28.9 Å². The first-order valence-electron chi connectivity index (χ1n) is 19.8. The van der Waals surface area contributed by atoms with Gasteiger partial charge in [-0.25, -0.2) is 0 Å². The highest BCUT2D eigenvalue weighted by molar-refractivity contribution is 6.16. The number of fused-ring (bicyclic) bond motifs is 9. The second-order valence-corrected chi connectivity index (χ2v) is 17.2. The Hall–Kier alpha value is -6.98. The molecule has 6 aliphatic rings. The van der Waals surface area contributed by atoms with Crippen LogP contribution in [0.4, 0.5) is 0 Å². The van der Waals surface area contributed by atoms with Crippen molar-refractivity contribution >= 4 is 43.6 Å². The van der Waals surface area contributed by atoms with Crippen molar-refractivity contribution in [2.75, 3.05) is 0 Å². The first-order valence-corrected chi connectivity index (χ1v) is 19.8. The molecule has 5 aliphatic heterocycles. The molecule has 1 atom stereocenters. The minimum Gasteiger partial charge on any atom is -0.456 e. The van der Waals surface area contributed by atoms with Crippen LogP contribution >= 0.6 is 0 Å². The number of nitrogens with zero attached hydrogens (tertiary/aromatic N) is 4. The van der Waals surface area contributed by atoms with Gasteiger partial charge in [0, 0.05) is 38.1 Å². The Morgan fingerprint density at radius 2 is 0.911 bits per heavy atom. The van der Waals surface area contributed by atoms with Gasteiger partial charge < -0.3 is 4.74 Å². The molecule has 258 valence electrons. The minimum atomic E-state index is -0.794. The summed E-state index contributed by atoms with van der Waals surface area (Å²) >= 11 is 0. The Labute approximate surface area is 320 Å². The molecule has 0 bridgehead atoms. The molecule has 4 aromatic heterocycles. The summed E-state index contributed by atoms with van der Waals surface area (Å²) in [6, 6.07) is 50.7. The molecule has 5 heteroatoms. The second-order valence-electron chi connectivity index (χ2n) is 17.2. The Kier molecular flexibility index (Phi) is 4.02. The summed E-state index contributed by atoms with van der Waals surface area (Å²) < 4.78 is 17.7. The minimum absolute atomic E-state index is 0.222. The fourth-order valence-corrected chi connectivity index (χ4v) is 13.1. The van der Waals surface area contributed by atoms with Gasteiger partial charge in [-0.1, -0.05) is 86.6 Å². The molecule has 6 aromatic carbocycles. The maximum Gasteiger partial charge on any atom is 0.321 e. The molecule has 0 fully saturated rings. The molecule has 1 unspecified atom stereocenters. The van der Waals surface area contributed by atoms with Crippen molar-refractivity contribution in [1.29, 1.82) is 0 Å². The maximum atomic E-state index is 7.19. The highest BCUT2D eigenvalue weighted by atomic mass is 16.5. The van der Waals surface area contributed by atoms with E-state index >= 15 is 0 Å². The summed E-state index contributed by atoms with van der Waals surface area (Å²) in [6.45, 7) is 4.81. The molecular weight excluding hydrogens is 685 g/mol. The maximum absolute atomic E-state index is 7.19. The van der Waals surface area contributed by atoms with Gasteiger partial charge in [0.1, 0.15) is 33.7 Å². The van der Waals surface area contributed by atoms with Gasteiger partial charge in [0.15, 0.2) is 11.0 Å². The molecule has 0 saturated heterocycles. The molecule has 0 N–H and O–H groups in total. The average molecular weight is 715 g/mol. The molecule has 10 aromatic rings. The third kappa shape index (κ3) is 2.37. The van der Waals surface area contributed by atoms with E-state index in [-0.39, 0.29) is 5.41 Å². The van der Waals surface area contributed by atoms with Crippen LogP contribution in [0.3, 0.4) is 0 Å². The summed E-state index contributed by atoms with van der Waals surface area (Å²) in [5.74, 6) is 4.28. The SMILES string of the molecule is CC1(C)c2ccc[n+]3c2-n2c4c1cccc4c1ccc4c(c12)C31c2c(ccc3c5cccc6c5n(c23)-c2c(ccc[n+]21)C61c2ccccc2-c2ccccc21)O4. The number of hydrogen-bond donors (Lipinski definition) is 0. The lowest BCUT2D eigenvalue weighted by atomic mass is 9.65. The number of benzene rings is 6. The van der Waals surface area contributed by atoms with Crippen LogP contribution in [-0.2, 0) is 16.5 Å². The predicted molar refractivity (Wildman–Crippen MR) is 217 cm³/mol. The Morgan fingerprint density at radius 3 is 1.54 bits per heavy atom. The van der Waals surface area contributed by atoms with Crippen molar-refractivity contribution in [3.05, 3.63) is 190 Å². The molecule has 0 radical (unpaired) electrons. The molecule has 16 rings (SSSR count). The van der Waals surface area contributed by atoms with Gasteiger partial charge in [-0.15, -0.1) is 0 Å². The van der Waals surface area contributed by atoms with Crippen LogP contribution in [0.2, 0.25) is 0 Å². The van der Waals surface area contributed by atoms with Gasteiger partial charge in [-0.05, 0) is 82.9 Å². The monoisotopic (exact) mass is 714 g/mol. The van der Waals surface area contributed by atoms with E-state index < -0.39 is 11.1 Å². The van der Waals surface area contributed by atoms with Crippen molar-refractivity contribution in [3.8, 4) is 34.3 Å². The normalized spacial score (nSPS) is 19.0. The van der Waals surface area contributed by atoms with Crippen molar-refractivity contribution in [3.63, 3.8) is 0 Å². The molecule has 5 nitrogen and oxygen atoms in total. The molecule has 0 saturated carbocycles. The summed E-state index contributed by atoms with van der Waals surface area (Å²) in [4.78, 5) is 0. The number of para-hydroxylation sites is 2. The number of aromatic nitrogens is 4. The quantitative estimate of drug-likeness (QED) is 0.144. The zero-order valence-electron chi connectivity index (χ0n) is 30.6. The standard InChI is InChI=1S/C51H30N4O/c1-49(2)35-17-7-13-29-31-21-23-39-41-45(31)54(43(29)35)47-37(49)19-9-25-52(47)51(41)42-40(56-39)24-22-32-30-14-8-18-36-44(30)55(46(32)42)48-38(20-10-26-53(48)51)50(36)33-15-5-3-11-27(33)28-12-4-6-16-34(28)50/h3-26H,1-2H3/q+2. The number of ether oxygens (including phenoxy) is 1. The molecule has 9 heterocycles. The fraction of sp³-hybridized carbons (Fsp3) is 0.0980. The first-order chi connectivity index (χ1) is 27.6. The van der Waals surface area contributed by atoms with Crippen molar-refractivity contribution in [2.45, 2.75) is 30.3 Å². The highest BCUT2D eigenvalue weighted by Gasteiger charge is 2.68. The van der Waals surface area contributed by atoms with E-state index in [4.69, 9.17) is 4.74 Å². The smallest absolute Gasteiger partial charge is 0.321 e. The predicted octanol–water partition coefficient (Wildman–Crippen LogP) is 9.80. The lowest BCUT2D eigenvalue weighted by molar-refractivity contribution is -0.968. The van der Waals surface area contributed by atoms with E-state index in [1.165, 1.54) is 111 Å². The molecule has 0 amide bonds. The first kappa shape index (κ1) is 27.6. The summed E-state index contributed by atoms with van der Waals surface area (Å²) in [6.07, 6.45) is 4.71. The van der Waals surface area contributed by atoms with Crippen molar-refractivity contribution < 1.29 is 13.9 Å². The van der Waals surface area contributed by atoms with Crippen molar-refractivity contribution in [1.82, 2.24) is 9.13 Å². The van der Waals surface area contributed by atoms with Gasteiger partial charge in [0.25, 0.3) is 11.6 Å². The molecular formula is C51H30N4O+2. The number of pyridine rings is 2. The van der Waals surface area contributed by atoms with Crippen LogP contribution < -0.4 is 13.9 Å². The van der Waals surface area contributed by atoms with Crippen LogP contribution in [-0.4, -0.2) is 9.13 Å². The Morgan fingerprint density at radius 1 is 0.429 bits per heavy atom. The van der Waals surface area contributed by atoms with Gasteiger partial charge in [-0.2, -0.15) is 18.3 Å². The third-order valence-corrected chi connectivity index (χ3v) is 14.9. The Bertz CT molecular complexity index is 3630. The van der Waals surface area contributed by atoms with Crippen LogP contribution in [0.5, 0.6) is 11.5 Å². The lowest BCUT2D eigenvalue weighted by Crippen LogP contribution is -2.79. The topological polar surface area (TPSA) is 26.8 Å². The van der Waals surface area contributed by atoms with Crippen LogP contribution in [0.15, 0.2) is 146 Å². The van der Waals surface area contributed by atoms with Crippen molar-refractivity contribution in [2.24, 2.45) is 0 Å². The summed E-state index contributed by atoms with van der Waals surface area (Å²) in [5, 5.41) is 5.10. The van der Waals surface area contributed by atoms with Crippen LogP contribution in [0, 0.1) is 0 Å².